The summed E-state index contributed by atoms with van der Waals surface area (Å²) in [6.07, 6.45) is 10.7. The molecule has 0 fully saturated rings. The lowest BCUT2D eigenvalue weighted by molar-refractivity contribution is 0.0947. The van der Waals surface area contributed by atoms with Crippen molar-refractivity contribution < 1.29 is 4.79 Å². The summed E-state index contributed by atoms with van der Waals surface area (Å²) in [5.74, 6) is 2.95. The van der Waals surface area contributed by atoms with Crippen LogP contribution < -0.4 is 5.32 Å². The van der Waals surface area contributed by atoms with Gasteiger partial charge in [0, 0.05) is 38.2 Å². The number of hydrogen-bond donors (Lipinski definition) is 1. The van der Waals surface area contributed by atoms with Crippen LogP contribution in [0.3, 0.4) is 0 Å². The minimum Gasteiger partial charge on any atom is -0.351 e. The van der Waals surface area contributed by atoms with Gasteiger partial charge in [0.25, 0.3) is 5.91 Å². The number of aromatic nitrogens is 3. The monoisotopic (exact) mass is 308 g/mol. The summed E-state index contributed by atoms with van der Waals surface area (Å²) < 4.78 is 1.60. The van der Waals surface area contributed by atoms with Crippen molar-refractivity contribution in [3.8, 4) is 18.2 Å². The Balaban J connectivity index is 1.55. The smallest absolute Gasteiger partial charge is 0.269 e. The van der Waals surface area contributed by atoms with Crippen LogP contribution in [0.25, 0.3) is 5.82 Å². The third-order valence-corrected chi connectivity index (χ3v) is 3.57. The molecule has 1 N–H and O–H groups in total. The molecule has 0 radical (unpaired) electrons. The van der Waals surface area contributed by atoms with Crippen molar-refractivity contribution >= 4 is 5.91 Å². The third kappa shape index (κ3) is 3.61. The SMILES string of the molecule is C#CCCC1(CCNC(=O)c2cccc(-n3cccn3)n2)N=N1. The minimum absolute atomic E-state index is 0.230. The van der Waals surface area contributed by atoms with Crippen molar-refractivity contribution in [2.45, 2.75) is 24.9 Å². The molecular weight excluding hydrogens is 292 g/mol. The van der Waals surface area contributed by atoms with E-state index in [1.165, 1.54) is 0 Å². The van der Waals surface area contributed by atoms with Gasteiger partial charge in [0.15, 0.2) is 11.5 Å². The summed E-state index contributed by atoms with van der Waals surface area (Å²) in [7, 11) is 0. The van der Waals surface area contributed by atoms with E-state index in [9.17, 15) is 4.79 Å². The molecule has 1 amide bonds. The molecule has 116 valence electrons. The summed E-state index contributed by atoms with van der Waals surface area (Å²) in [5.41, 5.74) is -0.0374. The Morgan fingerprint density at radius 2 is 2.17 bits per heavy atom. The molecule has 2 aromatic heterocycles. The first kappa shape index (κ1) is 14.9. The Morgan fingerprint density at radius 1 is 1.30 bits per heavy atom. The molecule has 1 aliphatic heterocycles. The van der Waals surface area contributed by atoms with E-state index in [-0.39, 0.29) is 11.6 Å². The minimum atomic E-state index is -0.385. The van der Waals surface area contributed by atoms with Gasteiger partial charge in [-0.15, -0.1) is 12.3 Å². The van der Waals surface area contributed by atoms with Gasteiger partial charge in [-0.25, -0.2) is 9.67 Å². The maximum atomic E-state index is 12.2. The molecule has 0 atom stereocenters. The molecule has 3 rings (SSSR count). The second-order valence-corrected chi connectivity index (χ2v) is 5.22. The molecule has 23 heavy (non-hydrogen) atoms. The van der Waals surface area contributed by atoms with E-state index in [0.717, 1.165) is 6.42 Å². The van der Waals surface area contributed by atoms with Gasteiger partial charge >= 0.3 is 0 Å². The lowest BCUT2D eigenvalue weighted by Crippen LogP contribution is -2.29. The zero-order chi connectivity index (χ0) is 16.1. The maximum Gasteiger partial charge on any atom is 0.269 e. The fourth-order valence-corrected chi connectivity index (χ4v) is 2.22. The van der Waals surface area contributed by atoms with Crippen molar-refractivity contribution in [2.75, 3.05) is 6.54 Å². The number of hydrogen-bond acceptors (Lipinski definition) is 5. The van der Waals surface area contributed by atoms with E-state index in [4.69, 9.17) is 6.42 Å². The Bertz CT molecular complexity index is 753. The molecule has 7 heteroatoms. The first-order valence-corrected chi connectivity index (χ1v) is 7.35. The highest BCUT2D eigenvalue weighted by atomic mass is 16.1. The van der Waals surface area contributed by atoms with Crippen LogP contribution in [0.2, 0.25) is 0 Å². The average molecular weight is 308 g/mol. The molecule has 0 bridgehead atoms. The molecule has 0 saturated carbocycles. The highest BCUT2D eigenvalue weighted by Gasteiger charge is 2.38. The van der Waals surface area contributed by atoms with Crippen LogP contribution in [0.4, 0.5) is 0 Å². The number of carbonyl (C=O) groups excluding carboxylic acids is 1. The number of nitrogens with one attached hydrogen (secondary N) is 1. The summed E-state index contributed by atoms with van der Waals surface area (Å²) in [5, 5.41) is 15.0. The van der Waals surface area contributed by atoms with Crippen LogP contribution in [-0.2, 0) is 0 Å². The second-order valence-electron chi connectivity index (χ2n) is 5.22. The highest BCUT2D eigenvalue weighted by molar-refractivity contribution is 5.92. The van der Waals surface area contributed by atoms with Gasteiger partial charge < -0.3 is 5.32 Å². The van der Waals surface area contributed by atoms with Gasteiger partial charge in [0.05, 0.1) is 0 Å². The lowest BCUT2D eigenvalue weighted by Gasteiger charge is -2.10. The standard InChI is InChI=1S/C16H16N6O/c1-2-3-8-16(20-21-16)9-11-17-15(23)13-6-4-7-14(19-13)22-12-5-10-18-22/h1,4-7,10,12H,3,8-9,11H2,(H,17,23). The predicted octanol–water partition coefficient (Wildman–Crippen LogP) is 1.96. The van der Waals surface area contributed by atoms with Gasteiger partial charge in [0.2, 0.25) is 0 Å². The Kier molecular flexibility index (Phi) is 4.15. The van der Waals surface area contributed by atoms with Gasteiger partial charge in [-0.05, 0) is 18.2 Å². The van der Waals surface area contributed by atoms with E-state index in [0.29, 0.717) is 30.9 Å². The molecule has 0 aromatic carbocycles. The van der Waals surface area contributed by atoms with Gasteiger partial charge in [-0.2, -0.15) is 15.3 Å². The number of terminal acetylenes is 1. The molecule has 3 heterocycles. The zero-order valence-electron chi connectivity index (χ0n) is 12.5. The first-order chi connectivity index (χ1) is 11.2. The maximum absolute atomic E-state index is 12.2. The summed E-state index contributed by atoms with van der Waals surface area (Å²) in [6.45, 7) is 0.476. The Morgan fingerprint density at radius 3 is 2.87 bits per heavy atom. The van der Waals surface area contributed by atoms with Crippen molar-refractivity contribution in [1.82, 2.24) is 20.1 Å². The van der Waals surface area contributed by atoms with E-state index < -0.39 is 0 Å². The van der Waals surface area contributed by atoms with Crippen LogP contribution in [0.15, 0.2) is 46.9 Å². The lowest BCUT2D eigenvalue weighted by atomic mass is 10.0. The topological polar surface area (TPSA) is 84.5 Å². The summed E-state index contributed by atoms with van der Waals surface area (Å²) in [6, 6.07) is 7.04. The van der Waals surface area contributed by atoms with Gasteiger partial charge in [-0.1, -0.05) is 6.07 Å². The summed E-state index contributed by atoms with van der Waals surface area (Å²) >= 11 is 0. The number of amides is 1. The van der Waals surface area contributed by atoms with Gasteiger partial charge in [0.1, 0.15) is 5.69 Å². The van der Waals surface area contributed by atoms with Crippen LogP contribution in [0, 0.1) is 12.3 Å². The highest BCUT2D eigenvalue weighted by Crippen LogP contribution is 2.35. The van der Waals surface area contributed by atoms with Gasteiger partial charge in [-0.3, -0.25) is 4.79 Å². The predicted molar refractivity (Wildman–Crippen MR) is 84.0 cm³/mol. The first-order valence-electron chi connectivity index (χ1n) is 7.35. The van der Waals surface area contributed by atoms with E-state index >= 15 is 0 Å². The molecule has 7 nitrogen and oxygen atoms in total. The fourth-order valence-electron chi connectivity index (χ4n) is 2.22. The van der Waals surface area contributed by atoms with Crippen molar-refractivity contribution in [3.05, 3.63) is 42.4 Å². The summed E-state index contributed by atoms with van der Waals surface area (Å²) in [4.78, 5) is 16.5. The molecular formula is C16H16N6O. The number of nitrogens with zero attached hydrogens (tertiary/aromatic N) is 5. The molecule has 1 aliphatic rings. The molecule has 0 saturated heterocycles. The van der Waals surface area contributed by atoms with E-state index in [1.807, 2.05) is 0 Å². The van der Waals surface area contributed by atoms with E-state index in [2.05, 4.69) is 31.5 Å². The largest absolute Gasteiger partial charge is 0.351 e. The molecule has 0 aliphatic carbocycles. The molecule has 2 aromatic rings. The number of carbonyl (C=O) groups is 1. The number of pyridine rings is 1. The van der Waals surface area contributed by atoms with E-state index in [1.54, 1.807) is 41.3 Å². The fraction of sp³-hybridized carbons (Fsp3) is 0.312. The van der Waals surface area contributed by atoms with Crippen LogP contribution in [0.5, 0.6) is 0 Å². The average Bonchev–Trinajstić information content (AvgIpc) is 3.12. The molecule has 0 unspecified atom stereocenters. The normalized spacial score (nSPS) is 14.2. The third-order valence-electron chi connectivity index (χ3n) is 3.57. The Hall–Kier alpha value is -3.01. The quantitative estimate of drug-likeness (QED) is 0.793. The molecule has 0 spiro atoms. The second kappa shape index (κ2) is 6.40. The number of rotatable bonds is 7. The van der Waals surface area contributed by atoms with Crippen molar-refractivity contribution in [3.63, 3.8) is 0 Å². The van der Waals surface area contributed by atoms with Crippen LogP contribution >= 0.6 is 0 Å². The van der Waals surface area contributed by atoms with Crippen LogP contribution in [0.1, 0.15) is 29.8 Å². The Labute approximate surface area is 133 Å². The van der Waals surface area contributed by atoms with Crippen LogP contribution in [-0.4, -0.2) is 32.9 Å². The van der Waals surface area contributed by atoms with Crippen molar-refractivity contribution in [2.24, 2.45) is 10.2 Å². The van der Waals surface area contributed by atoms with Crippen molar-refractivity contribution in [1.29, 1.82) is 0 Å². The zero-order valence-corrected chi connectivity index (χ0v) is 12.5.